The summed E-state index contributed by atoms with van der Waals surface area (Å²) in [6, 6.07) is 2.82. The topological polar surface area (TPSA) is 38.3 Å². The molecule has 3 nitrogen and oxygen atoms in total. The molecule has 1 amide bonds. The lowest BCUT2D eigenvalue weighted by molar-refractivity contribution is 0.176. The lowest BCUT2D eigenvalue weighted by Crippen LogP contribution is -2.20. The second-order valence-electron chi connectivity index (χ2n) is 2.93. The van der Waals surface area contributed by atoms with Crippen molar-refractivity contribution in [2.45, 2.75) is 6.04 Å². The Kier molecular flexibility index (Phi) is 3.47. The summed E-state index contributed by atoms with van der Waals surface area (Å²) in [7, 11) is 0. The van der Waals surface area contributed by atoms with Crippen LogP contribution >= 0.6 is 12.4 Å². The van der Waals surface area contributed by atoms with Gasteiger partial charge in [-0.15, -0.1) is 12.4 Å². The maximum atomic E-state index is 13.2. The van der Waals surface area contributed by atoms with E-state index in [1.54, 1.807) is 0 Å². The standard InChI is InChI=1S/C9H7F2NO2.ClH/c10-5-2-1-3-6(11)8(5)7-4-14-9(13)12-7;/h1-3,7H,4H2,(H,12,13);1H/t7-;/m1./s1. The van der Waals surface area contributed by atoms with Crippen LogP contribution in [-0.2, 0) is 4.74 Å². The van der Waals surface area contributed by atoms with Gasteiger partial charge in [0.25, 0.3) is 0 Å². The van der Waals surface area contributed by atoms with E-state index in [1.165, 1.54) is 6.07 Å². The summed E-state index contributed by atoms with van der Waals surface area (Å²) in [5.41, 5.74) is -0.154. The van der Waals surface area contributed by atoms with Crippen LogP contribution in [0.4, 0.5) is 13.6 Å². The average Bonchev–Trinajstić information content (AvgIpc) is 2.51. The van der Waals surface area contributed by atoms with Crippen molar-refractivity contribution in [3.63, 3.8) is 0 Å². The lowest BCUT2D eigenvalue weighted by atomic mass is 10.1. The summed E-state index contributed by atoms with van der Waals surface area (Å²) in [4.78, 5) is 10.7. The third-order valence-corrected chi connectivity index (χ3v) is 2.02. The molecule has 1 fully saturated rings. The predicted octanol–water partition coefficient (Wildman–Crippen LogP) is 2.17. The molecule has 0 saturated carbocycles. The molecule has 1 saturated heterocycles. The van der Waals surface area contributed by atoms with Crippen LogP contribution < -0.4 is 5.32 Å². The molecule has 0 radical (unpaired) electrons. The van der Waals surface area contributed by atoms with Gasteiger partial charge in [-0.1, -0.05) is 6.07 Å². The van der Waals surface area contributed by atoms with Gasteiger partial charge in [0.05, 0.1) is 6.04 Å². The van der Waals surface area contributed by atoms with Crippen molar-refractivity contribution in [3.05, 3.63) is 35.4 Å². The molecule has 0 aliphatic carbocycles. The first-order valence-electron chi connectivity index (χ1n) is 4.05. The second-order valence-corrected chi connectivity index (χ2v) is 2.93. The fraction of sp³-hybridized carbons (Fsp3) is 0.222. The molecule has 15 heavy (non-hydrogen) atoms. The maximum absolute atomic E-state index is 13.2. The first-order chi connectivity index (χ1) is 6.68. The molecule has 1 aliphatic heterocycles. The van der Waals surface area contributed by atoms with Crippen molar-refractivity contribution in [1.82, 2.24) is 5.32 Å². The number of ether oxygens (including phenoxy) is 1. The van der Waals surface area contributed by atoms with E-state index in [2.05, 4.69) is 10.1 Å². The van der Waals surface area contributed by atoms with Crippen LogP contribution in [0.2, 0.25) is 0 Å². The summed E-state index contributed by atoms with van der Waals surface area (Å²) in [6.45, 7) is -0.0450. The van der Waals surface area contributed by atoms with E-state index in [4.69, 9.17) is 0 Å². The normalized spacial score (nSPS) is 19.1. The fourth-order valence-electron chi connectivity index (χ4n) is 1.38. The van der Waals surface area contributed by atoms with E-state index < -0.39 is 23.8 Å². The van der Waals surface area contributed by atoms with Crippen molar-refractivity contribution in [2.24, 2.45) is 0 Å². The monoisotopic (exact) mass is 235 g/mol. The van der Waals surface area contributed by atoms with Gasteiger partial charge in [-0.05, 0) is 12.1 Å². The highest BCUT2D eigenvalue weighted by molar-refractivity contribution is 5.85. The zero-order chi connectivity index (χ0) is 10.1. The molecular formula is C9H8ClF2NO2. The molecule has 0 aromatic heterocycles. The van der Waals surface area contributed by atoms with Crippen LogP contribution in [0.3, 0.4) is 0 Å². The molecule has 1 aliphatic rings. The number of benzene rings is 1. The summed E-state index contributed by atoms with van der Waals surface area (Å²) in [5.74, 6) is -1.36. The number of halogens is 3. The Bertz CT molecular complexity index is 366. The Morgan fingerprint density at radius 2 is 1.93 bits per heavy atom. The van der Waals surface area contributed by atoms with Gasteiger partial charge in [0.15, 0.2) is 0 Å². The van der Waals surface area contributed by atoms with Gasteiger partial charge in [0, 0.05) is 5.56 Å². The highest BCUT2D eigenvalue weighted by Gasteiger charge is 2.28. The molecule has 0 unspecified atom stereocenters. The number of hydrogen-bond donors (Lipinski definition) is 1. The first-order valence-corrected chi connectivity index (χ1v) is 4.05. The first kappa shape index (κ1) is 11.7. The third-order valence-electron chi connectivity index (χ3n) is 2.02. The number of carbonyl (C=O) groups excluding carboxylic acids is 1. The molecule has 1 heterocycles. The Balaban J connectivity index is 0.00000112. The van der Waals surface area contributed by atoms with Crippen LogP contribution in [0.1, 0.15) is 11.6 Å². The van der Waals surface area contributed by atoms with Crippen LogP contribution in [0.25, 0.3) is 0 Å². The zero-order valence-electron chi connectivity index (χ0n) is 7.50. The van der Waals surface area contributed by atoms with Crippen molar-refractivity contribution in [3.8, 4) is 0 Å². The summed E-state index contributed by atoms with van der Waals surface area (Å²) in [5, 5.41) is 2.31. The van der Waals surface area contributed by atoms with Gasteiger partial charge < -0.3 is 10.1 Å². The maximum Gasteiger partial charge on any atom is 0.407 e. The zero-order valence-corrected chi connectivity index (χ0v) is 8.31. The third kappa shape index (κ3) is 2.18. The molecule has 1 aromatic carbocycles. The lowest BCUT2D eigenvalue weighted by Gasteiger charge is -2.09. The van der Waals surface area contributed by atoms with E-state index in [9.17, 15) is 13.6 Å². The van der Waals surface area contributed by atoms with E-state index in [1.807, 2.05) is 0 Å². The highest BCUT2D eigenvalue weighted by Crippen LogP contribution is 2.23. The molecule has 1 aromatic rings. The molecule has 0 spiro atoms. The molecule has 1 N–H and O–H groups in total. The second kappa shape index (κ2) is 4.44. The Morgan fingerprint density at radius 3 is 2.40 bits per heavy atom. The van der Waals surface area contributed by atoms with Crippen molar-refractivity contribution >= 4 is 18.5 Å². The molecule has 82 valence electrons. The number of rotatable bonds is 1. The Morgan fingerprint density at radius 1 is 1.33 bits per heavy atom. The minimum atomic E-state index is -0.733. The Hall–Kier alpha value is -1.36. The van der Waals surface area contributed by atoms with E-state index in [0.29, 0.717) is 0 Å². The molecule has 1 atom stereocenters. The fourth-order valence-corrected chi connectivity index (χ4v) is 1.38. The average molecular weight is 236 g/mol. The SMILES string of the molecule is Cl.O=C1N[C@@H](c2c(F)cccc2F)CO1. The van der Waals surface area contributed by atoms with Gasteiger partial charge >= 0.3 is 6.09 Å². The van der Waals surface area contributed by atoms with E-state index in [-0.39, 0.29) is 24.6 Å². The van der Waals surface area contributed by atoms with Gasteiger partial charge in [0.2, 0.25) is 0 Å². The van der Waals surface area contributed by atoms with Crippen molar-refractivity contribution < 1.29 is 18.3 Å². The molecule has 0 bridgehead atoms. The van der Waals surface area contributed by atoms with Gasteiger partial charge in [0.1, 0.15) is 18.2 Å². The minimum absolute atomic E-state index is 0. The number of cyclic esters (lactones) is 1. The smallest absolute Gasteiger partial charge is 0.407 e. The number of alkyl carbamates (subject to hydrolysis) is 1. The van der Waals surface area contributed by atoms with Crippen LogP contribution in [0.15, 0.2) is 18.2 Å². The number of amides is 1. The molecule has 2 rings (SSSR count). The number of carbonyl (C=O) groups is 1. The van der Waals surface area contributed by atoms with Crippen LogP contribution in [0, 0.1) is 11.6 Å². The number of nitrogens with one attached hydrogen (secondary N) is 1. The predicted molar refractivity (Wildman–Crippen MR) is 50.8 cm³/mol. The van der Waals surface area contributed by atoms with Crippen LogP contribution in [0.5, 0.6) is 0 Å². The van der Waals surface area contributed by atoms with Gasteiger partial charge in [-0.2, -0.15) is 0 Å². The molecular weight excluding hydrogens is 228 g/mol. The number of hydrogen-bond acceptors (Lipinski definition) is 2. The largest absolute Gasteiger partial charge is 0.447 e. The summed E-state index contributed by atoms with van der Waals surface area (Å²) >= 11 is 0. The van der Waals surface area contributed by atoms with Crippen LogP contribution in [-0.4, -0.2) is 12.7 Å². The van der Waals surface area contributed by atoms with E-state index >= 15 is 0 Å². The minimum Gasteiger partial charge on any atom is -0.447 e. The molecule has 6 heteroatoms. The highest BCUT2D eigenvalue weighted by atomic mass is 35.5. The quantitative estimate of drug-likeness (QED) is 0.810. The Labute approximate surface area is 90.8 Å². The van der Waals surface area contributed by atoms with Crippen molar-refractivity contribution in [1.29, 1.82) is 0 Å². The summed E-state index contributed by atoms with van der Waals surface area (Å²) < 4.78 is 30.9. The van der Waals surface area contributed by atoms with E-state index in [0.717, 1.165) is 12.1 Å². The van der Waals surface area contributed by atoms with Gasteiger partial charge in [-0.25, -0.2) is 13.6 Å². The summed E-state index contributed by atoms with van der Waals surface area (Å²) in [6.07, 6.45) is -0.655. The van der Waals surface area contributed by atoms with Crippen molar-refractivity contribution in [2.75, 3.05) is 6.61 Å². The van der Waals surface area contributed by atoms with Gasteiger partial charge in [-0.3, -0.25) is 0 Å².